The van der Waals surface area contributed by atoms with Crippen molar-refractivity contribution in [2.75, 3.05) is 44.4 Å². The van der Waals surface area contributed by atoms with Crippen LogP contribution in [0.4, 0.5) is 10.5 Å². The van der Waals surface area contributed by atoms with E-state index in [1.165, 1.54) is 0 Å². The summed E-state index contributed by atoms with van der Waals surface area (Å²) in [4.78, 5) is 40.6. The highest BCUT2D eigenvalue weighted by Crippen LogP contribution is 2.35. The van der Waals surface area contributed by atoms with E-state index in [1.807, 2.05) is 6.07 Å². The van der Waals surface area contributed by atoms with Crippen LogP contribution in [-0.4, -0.2) is 68.3 Å². The molecule has 0 radical (unpaired) electrons. The van der Waals surface area contributed by atoms with Crippen LogP contribution in [0.5, 0.6) is 11.5 Å². The summed E-state index contributed by atoms with van der Waals surface area (Å²) >= 11 is 0. The lowest BCUT2D eigenvalue weighted by Gasteiger charge is -2.32. The van der Waals surface area contributed by atoms with Gasteiger partial charge in [0.1, 0.15) is 13.2 Å². The molecular formula is C21H27N3O6. The fourth-order valence-electron chi connectivity index (χ4n) is 4.13. The zero-order valence-electron chi connectivity index (χ0n) is 17.1. The Bertz CT molecular complexity index is 829. The lowest BCUT2D eigenvalue weighted by molar-refractivity contribution is -0.149. The molecule has 1 aromatic rings. The average Bonchev–Trinajstić information content (AvgIpc) is 3.13. The molecule has 0 aromatic heterocycles. The molecular weight excluding hydrogens is 390 g/mol. The van der Waals surface area contributed by atoms with Crippen molar-refractivity contribution in [3.63, 3.8) is 0 Å². The molecule has 0 aliphatic carbocycles. The Morgan fingerprint density at radius 3 is 2.80 bits per heavy atom. The Balaban J connectivity index is 1.35. The number of hydrogen-bond donors (Lipinski definition) is 1. The molecule has 162 valence electrons. The number of nitrogens with one attached hydrogen (secondary N) is 1. The molecule has 1 aromatic carbocycles. The molecule has 0 saturated carbocycles. The van der Waals surface area contributed by atoms with Crippen LogP contribution in [0.1, 0.15) is 26.2 Å². The fourth-order valence-corrected chi connectivity index (χ4v) is 4.13. The van der Waals surface area contributed by atoms with E-state index in [1.54, 1.807) is 28.9 Å². The number of hydrogen-bond acceptors (Lipinski definition) is 6. The van der Waals surface area contributed by atoms with Gasteiger partial charge < -0.3 is 29.3 Å². The smallest absolute Gasteiger partial charge is 0.317 e. The van der Waals surface area contributed by atoms with E-state index in [2.05, 4.69) is 5.32 Å². The van der Waals surface area contributed by atoms with Gasteiger partial charge >= 0.3 is 12.0 Å². The van der Waals surface area contributed by atoms with E-state index >= 15 is 0 Å². The minimum absolute atomic E-state index is 0.0555. The van der Waals surface area contributed by atoms with Crippen LogP contribution < -0.4 is 19.7 Å². The van der Waals surface area contributed by atoms with E-state index in [-0.39, 0.29) is 36.3 Å². The van der Waals surface area contributed by atoms with Crippen molar-refractivity contribution >= 4 is 23.6 Å². The zero-order valence-corrected chi connectivity index (χ0v) is 17.1. The van der Waals surface area contributed by atoms with E-state index in [0.29, 0.717) is 51.0 Å². The quantitative estimate of drug-likeness (QED) is 0.747. The van der Waals surface area contributed by atoms with Gasteiger partial charge in [0.05, 0.1) is 18.6 Å². The largest absolute Gasteiger partial charge is 0.486 e. The second-order valence-corrected chi connectivity index (χ2v) is 7.72. The molecule has 2 fully saturated rings. The van der Waals surface area contributed by atoms with Crippen molar-refractivity contribution in [3.05, 3.63) is 18.2 Å². The number of rotatable bonds is 4. The third kappa shape index (κ3) is 4.29. The summed E-state index contributed by atoms with van der Waals surface area (Å²) in [5.74, 6) is 0.694. The Morgan fingerprint density at radius 1 is 1.20 bits per heavy atom. The number of nitrogens with zero attached hydrogens (tertiary/aromatic N) is 2. The van der Waals surface area contributed by atoms with Crippen LogP contribution in [0, 0.1) is 5.92 Å². The topological polar surface area (TPSA) is 97.4 Å². The fraction of sp³-hybridized carbons (Fsp3) is 0.571. The van der Waals surface area contributed by atoms with Crippen molar-refractivity contribution in [1.82, 2.24) is 10.2 Å². The Kier molecular flexibility index (Phi) is 5.96. The Hall–Kier alpha value is -2.97. The monoisotopic (exact) mass is 417 g/mol. The molecule has 30 heavy (non-hydrogen) atoms. The molecule has 9 nitrogen and oxygen atoms in total. The van der Waals surface area contributed by atoms with Crippen LogP contribution in [0.25, 0.3) is 0 Å². The SMILES string of the molecule is CCOC(=O)[C@H]1CCCN(C(=O)N[C@@H]2CC(=O)N(c3ccc4c(c3)OCCO4)C2)C1. The third-order valence-corrected chi connectivity index (χ3v) is 5.62. The molecule has 3 aliphatic rings. The summed E-state index contributed by atoms with van der Waals surface area (Å²) in [5, 5.41) is 2.95. The molecule has 3 heterocycles. The molecule has 9 heteroatoms. The van der Waals surface area contributed by atoms with Crippen LogP contribution >= 0.6 is 0 Å². The summed E-state index contributed by atoms with van der Waals surface area (Å²) in [5.41, 5.74) is 0.723. The number of esters is 1. The maximum Gasteiger partial charge on any atom is 0.317 e. The van der Waals surface area contributed by atoms with Gasteiger partial charge in [0.15, 0.2) is 11.5 Å². The minimum atomic E-state index is -0.291. The summed E-state index contributed by atoms with van der Waals surface area (Å²) in [6, 6.07) is 4.88. The normalized spacial score (nSPS) is 23.3. The molecule has 0 spiro atoms. The number of anilines is 1. The van der Waals surface area contributed by atoms with Gasteiger partial charge in [-0.2, -0.15) is 0 Å². The molecule has 4 rings (SSSR count). The van der Waals surface area contributed by atoms with Crippen molar-refractivity contribution < 1.29 is 28.6 Å². The highest BCUT2D eigenvalue weighted by molar-refractivity contribution is 5.97. The second-order valence-electron chi connectivity index (χ2n) is 7.72. The first-order valence-electron chi connectivity index (χ1n) is 10.5. The van der Waals surface area contributed by atoms with Crippen LogP contribution in [0.15, 0.2) is 18.2 Å². The van der Waals surface area contributed by atoms with Gasteiger partial charge in [0.2, 0.25) is 5.91 Å². The standard InChI is InChI=1S/C21H27N3O6/c1-2-28-20(26)14-4-3-7-23(12-14)21(27)22-15-10-19(25)24(13-15)16-5-6-17-18(11-16)30-9-8-29-17/h5-6,11,14-15H,2-4,7-10,12-13H2,1H3,(H,22,27)/t14-,15+/m0/s1. The van der Waals surface area contributed by atoms with Crippen molar-refractivity contribution in [3.8, 4) is 11.5 Å². The number of piperidine rings is 1. The molecule has 3 aliphatic heterocycles. The summed E-state index contributed by atoms with van der Waals surface area (Å²) < 4.78 is 16.2. The van der Waals surface area contributed by atoms with Gasteiger partial charge in [-0.25, -0.2) is 4.79 Å². The van der Waals surface area contributed by atoms with Gasteiger partial charge in [0.25, 0.3) is 0 Å². The van der Waals surface area contributed by atoms with E-state index in [0.717, 1.165) is 18.5 Å². The summed E-state index contributed by atoms with van der Waals surface area (Å²) in [6.45, 7) is 4.42. The van der Waals surface area contributed by atoms with E-state index in [9.17, 15) is 14.4 Å². The molecule has 2 saturated heterocycles. The average molecular weight is 417 g/mol. The first-order valence-corrected chi connectivity index (χ1v) is 10.5. The number of carbonyl (C=O) groups excluding carboxylic acids is 3. The number of urea groups is 1. The van der Waals surface area contributed by atoms with Crippen LogP contribution in [0.2, 0.25) is 0 Å². The van der Waals surface area contributed by atoms with Crippen LogP contribution in [0.3, 0.4) is 0 Å². The van der Waals surface area contributed by atoms with Gasteiger partial charge in [-0.1, -0.05) is 0 Å². The van der Waals surface area contributed by atoms with Crippen molar-refractivity contribution in [2.24, 2.45) is 5.92 Å². The maximum atomic E-state index is 12.7. The highest BCUT2D eigenvalue weighted by atomic mass is 16.6. The van der Waals surface area contributed by atoms with Crippen molar-refractivity contribution in [2.45, 2.75) is 32.2 Å². The number of benzene rings is 1. The molecule has 0 unspecified atom stereocenters. The lowest BCUT2D eigenvalue weighted by atomic mass is 9.98. The molecule has 2 atom stereocenters. The van der Waals surface area contributed by atoms with E-state index < -0.39 is 0 Å². The number of ether oxygens (including phenoxy) is 3. The van der Waals surface area contributed by atoms with Gasteiger partial charge in [0, 0.05) is 37.8 Å². The molecule has 3 amide bonds. The Labute approximate surface area is 175 Å². The molecule has 1 N–H and O–H groups in total. The van der Waals surface area contributed by atoms with Gasteiger partial charge in [-0.05, 0) is 31.9 Å². The summed E-state index contributed by atoms with van der Waals surface area (Å²) in [6.07, 6.45) is 1.71. The van der Waals surface area contributed by atoms with Crippen LogP contribution in [-0.2, 0) is 14.3 Å². The highest BCUT2D eigenvalue weighted by Gasteiger charge is 2.35. The minimum Gasteiger partial charge on any atom is -0.486 e. The first kappa shape index (κ1) is 20.3. The second kappa shape index (κ2) is 8.81. The number of fused-ring (bicyclic) bond motifs is 1. The van der Waals surface area contributed by atoms with E-state index in [4.69, 9.17) is 14.2 Å². The maximum absolute atomic E-state index is 12.7. The van der Waals surface area contributed by atoms with Gasteiger partial charge in [-0.15, -0.1) is 0 Å². The predicted molar refractivity (Wildman–Crippen MR) is 108 cm³/mol. The van der Waals surface area contributed by atoms with Gasteiger partial charge in [-0.3, -0.25) is 9.59 Å². The predicted octanol–water partition coefficient (Wildman–Crippen LogP) is 1.55. The number of likely N-dealkylation sites (tertiary alicyclic amines) is 1. The number of carbonyl (C=O) groups is 3. The summed E-state index contributed by atoms with van der Waals surface area (Å²) in [7, 11) is 0. The molecule has 0 bridgehead atoms. The first-order chi connectivity index (χ1) is 14.5. The third-order valence-electron chi connectivity index (χ3n) is 5.62. The zero-order chi connectivity index (χ0) is 21.1. The lowest BCUT2D eigenvalue weighted by Crippen LogP contribution is -2.50. The van der Waals surface area contributed by atoms with Crippen molar-refractivity contribution in [1.29, 1.82) is 0 Å². The number of amides is 3. The Morgan fingerprint density at radius 2 is 2.00 bits per heavy atom.